The van der Waals surface area contributed by atoms with Crippen molar-refractivity contribution in [2.45, 2.75) is 24.4 Å². The zero-order valence-corrected chi connectivity index (χ0v) is 18.6. The van der Waals surface area contributed by atoms with Crippen molar-refractivity contribution in [2.24, 2.45) is 7.05 Å². The fourth-order valence-electron chi connectivity index (χ4n) is 3.57. The largest absolute Gasteiger partial charge is 0.454 e. The van der Waals surface area contributed by atoms with Crippen LogP contribution in [0, 0.1) is 0 Å². The number of thiazole rings is 1. The van der Waals surface area contributed by atoms with Crippen molar-refractivity contribution in [3.05, 3.63) is 28.6 Å². The van der Waals surface area contributed by atoms with E-state index < -0.39 is 0 Å². The molecule has 0 saturated carbocycles. The fraction of sp³-hybridized carbons (Fsp3) is 0.400. The van der Waals surface area contributed by atoms with E-state index in [1.807, 2.05) is 0 Å². The number of piperidine rings is 1. The van der Waals surface area contributed by atoms with E-state index in [0.717, 1.165) is 31.1 Å². The maximum absolute atomic E-state index is 12.8. The zero-order valence-electron chi connectivity index (χ0n) is 16.9. The van der Waals surface area contributed by atoms with Crippen LogP contribution in [0.2, 0.25) is 0 Å². The number of carbonyl (C=O) groups excluding carboxylic acids is 1. The molecule has 0 spiro atoms. The lowest BCUT2D eigenvalue weighted by atomic mass is 10.1. The number of amides is 1. The second kappa shape index (κ2) is 8.39. The van der Waals surface area contributed by atoms with Gasteiger partial charge in [-0.2, -0.15) is 4.98 Å². The van der Waals surface area contributed by atoms with Crippen LogP contribution in [-0.2, 0) is 11.8 Å². The van der Waals surface area contributed by atoms with Gasteiger partial charge in [-0.25, -0.2) is 4.98 Å². The first-order valence-corrected chi connectivity index (χ1v) is 11.8. The Morgan fingerprint density at radius 3 is 2.84 bits per heavy atom. The van der Waals surface area contributed by atoms with Crippen LogP contribution in [-0.4, -0.2) is 46.1 Å². The van der Waals surface area contributed by atoms with Gasteiger partial charge in [0.1, 0.15) is 4.70 Å². The number of rotatable bonds is 5. The summed E-state index contributed by atoms with van der Waals surface area (Å²) in [5, 5.41) is 4.15. The monoisotopic (exact) mass is 459 g/mol. The minimum atomic E-state index is -0.203. The first kappa shape index (κ1) is 20.1. The van der Waals surface area contributed by atoms with Crippen LogP contribution in [0.1, 0.15) is 19.3 Å². The van der Waals surface area contributed by atoms with Gasteiger partial charge in [-0.1, -0.05) is 23.1 Å². The second-order valence-electron chi connectivity index (χ2n) is 7.36. The molecular weight excluding hydrogens is 438 g/mol. The fourth-order valence-corrected chi connectivity index (χ4v) is 5.37. The number of benzene rings is 1. The SMILES string of the molecule is Cn1c(SCC(=O)Nc2ccc3c(c2)OCO3)nc2nc(N3CCCCC3)sc2c1=O. The average molecular weight is 460 g/mol. The average Bonchev–Trinajstić information content (AvgIpc) is 3.42. The molecule has 9 nitrogen and oxygen atoms in total. The number of anilines is 2. The van der Waals surface area contributed by atoms with Crippen LogP contribution in [0.3, 0.4) is 0 Å². The summed E-state index contributed by atoms with van der Waals surface area (Å²) in [6.07, 6.45) is 3.51. The number of nitrogens with one attached hydrogen (secondary N) is 1. The Balaban J connectivity index is 1.30. The lowest BCUT2D eigenvalue weighted by molar-refractivity contribution is -0.113. The van der Waals surface area contributed by atoms with E-state index >= 15 is 0 Å². The molecule has 1 aromatic carbocycles. The number of thioether (sulfide) groups is 1. The number of hydrogen-bond acceptors (Lipinski definition) is 9. The molecular formula is C20H21N5O4S2. The minimum Gasteiger partial charge on any atom is -0.454 e. The highest BCUT2D eigenvalue weighted by Crippen LogP contribution is 2.34. The lowest BCUT2D eigenvalue weighted by Crippen LogP contribution is -2.29. The third-order valence-electron chi connectivity index (χ3n) is 5.20. The quantitative estimate of drug-likeness (QED) is 0.459. The molecule has 162 valence electrons. The van der Waals surface area contributed by atoms with Gasteiger partial charge in [0.05, 0.1) is 5.75 Å². The molecule has 4 heterocycles. The Labute approximate surface area is 186 Å². The standard InChI is InChI=1S/C20H21N5O4S2/c1-24-18(27)16-17(23-20(31-16)25-7-3-2-4-8-25)22-19(24)30-10-15(26)21-12-5-6-13-14(9-12)29-11-28-13/h5-6,9H,2-4,7-8,10-11H2,1H3,(H,21,26). The Morgan fingerprint density at radius 2 is 2.00 bits per heavy atom. The highest BCUT2D eigenvalue weighted by Gasteiger charge is 2.20. The van der Waals surface area contributed by atoms with Crippen LogP contribution in [0.25, 0.3) is 10.3 Å². The smallest absolute Gasteiger partial charge is 0.273 e. The molecule has 0 bridgehead atoms. The van der Waals surface area contributed by atoms with E-state index in [0.29, 0.717) is 32.7 Å². The maximum Gasteiger partial charge on any atom is 0.273 e. The topological polar surface area (TPSA) is 98.6 Å². The zero-order chi connectivity index (χ0) is 21.4. The minimum absolute atomic E-state index is 0.114. The molecule has 1 fully saturated rings. The summed E-state index contributed by atoms with van der Waals surface area (Å²) in [6.45, 7) is 2.10. The molecule has 2 aromatic heterocycles. The van der Waals surface area contributed by atoms with Crippen molar-refractivity contribution in [3.63, 3.8) is 0 Å². The number of hydrogen-bond donors (Lipinski definition) is 1. The highest BCUT2D eigenvalue weighted by molar-refractivity contribution is 7.99. The van der Waals surface area contributed by atoms with Gasteiger partial charge >= 0.3 is 0 Å². The summed E-state index contributed by atoms with van der Waals surface area (Å²) < 4.78 is 12.6. The number of fused-ring (bicyclic) bond motifs is 2. The van der Waals surface area contributed by atoms with Crippen LogP contribution in [0.4, 0.5) is 10.8 Å². The molecule has 1 saturated heterocycles. The van der Waals surface area contributed by atoms with E-state index in [1.54, 1.807) is 25.2 Å². The normalized spacial score (nSPS) is 15.5. The Bertz CT molecular complexity index is 1200. The van der Waals surface area contributed by atoms with E-state index in [2.05, 4.69) is 20.2 Å². The Hall–Kier alpha value is -2.79. The summed E-state index contributed by atoms with van der Waals surface area (Å²) in [4.78, 5) is 36.6. The first-order chi connectivity index (χ1) is 15.1. The van der Waals surface area contributed by atoms with Gasteiger partial charge in [-0.15, -0.1) is 0 Å². The van der Waals surface area contributed by atoms with Crippen molar-refractivity contribution < 1.29 is 14.3 Å². The molecule has 5 rings (SSSR count). The Kier molecular flexibility index (Phi) is 5.45. The molecule has 2 aliphatic rings. The van der Waals surface area contributed by atoms with Crippen LogP contribution >= 0.6 is 23.1 Å². The molecule has 3 aromatic rings. The van der Waals surface area contributed by atoms with Gasteiger partial charge < -0.3 is 19.7 Å². The van der Waals surface area contributed by atoms with E-state index in [1.165, 1.54) is 34.1 Å². The van der Waals surface area contributed by atoms with Gasteiger partial charge in [-0.05, 0) is 31.4 Å². The van der Waals surface area contributed by atoms with Crippen LogP contribution in [0.15, 0.2) is 28.2 Å². The molecule has 0 aliphatic carbocycles. The van der Waals surface area contributed by atoms with Gasteiger partial charge in [0.2, 0.25) is 12.7 Å². The van der Waals surface area contributed by atoms with Crippen molar-refractivity contribution in [1.82, 2.24) is 14.5 Å². The van der Waals surface area contributed by atoms with Gasteiger partial charge in [0.15, 0.2) is 27.4 Å². The van der Waals surface area contributed by atoms with E-state index in [9.17, 15) is 9.59 Å². The Morgan fingerprint density at radius 1 is 1.19 bits per heavy atom. The summed E-state index contributed by atoms with van der Waals surface area (Å²) in [6, 6.07) is 5.24. The molecule has 0 radical (unpaired) electrons. The van der Waals surface area contributed by atoms with Crippen molar-refractivity contribution in [1.29, 1.82) is 0 Å². The molecule has 2 aliphatic heterocycles. The number of aromatic nitrogens is 3. The summed E-state index contributed by atoms with van der Waals surface area (Å²) in [5.74, 6) is 1.18. The highest BCUT2D eigenvalue weighted by atomic mass is 32.2. The third-order valence-corrected chi connectivity index (χ3v) is 7.32. The number of carbonyl (C=O) groups is 1. The molecule has 0 atom stereocenters. The summed E-state index contributed by atoms with van der Waals surface area (Å²) in [5.41, 5.74) is 0.939. The van der Waals surface area contributed by atoms with Gasteiger partial charge in [0.25, 0.3) is 5.56 Å². The maximum atomic E-state index is 12.8. The van der Waals surface area contributed by atoms with Crippen LogP contribution in [0.5, 0.6) is 11.5 Å². The third kappa shape index (κ3) is 4.07. The molecule has 1 amide bonds. The molecule has 0 unspecified atom stereocenters. The summed E-state index contributed by atoms with van der Waals surface area (Å²) in [7, 11) is 1.67. The number of nitrogens with zero attached hydrogens (tertiary/aromatic N) is 4. The van der Waals surface area contributed by atoms with Gasteiger partial charge in [-0.3, -0.25) is 14.2 Å². The van der Waals surface area contributed by atoms with Crippen molar-refractivity contribution in [2.75, 3.05) is 35.9 Å². The molecule has 1 N–H and O–H groups in total. The van der Waals surface area contributed by atoms with Gasteiger partial charge in [0, 0.05) is 31.9 Å². The van der Waals surface area contributed by atoms with E-state index in [-0.39, 0.29) is 24.0 Å². The molecule has 11 heteroatoms. The van der Waals surface area contributed by atoms with E-state index in [4.69, 9.17) is 9.47 Å². The van der Waals surface area contributed by atoms with Crippen molar-refractivity contribution in [3.8, 4) is 11.5 Å². The first-order valence-electron chi connectivity index (χ1n) is 10.0. The van der Waals surface area contributed by atoms with Crippen molar-refractivity contribution >= 4 is 50.2 Å². The molecule has 31 heavy (non-hydrogen) atoms. The second-order valence-corrected chi connectivity index (χ2v) is 9.28. The predicted molar refractivity (Wildman–Crippen MR) is 121 cm³/mol. The van der Waals surface area contributed by atoms with Crippen LogP contribution < -0.4 is 25.2 Å². The predicted octanol–water partition coefficient (Wildman–Crippen LogP) is 2.84. The number of ether oxygens (including phenoxy) is 2. The summed E-state index contributed by atoms with van der Waals surface area (Å²) >= 11 is 2.61. The lowest BCUT2D eigenvalue weighted by Gasteiger charge is -2.25.